The Labute approximate surface area is 168 Å². The average molecular weight is 417 g/mol. The Balaban J connectivity index is 1.92. The summed E-state index contributed by atoms with van der Waals surface area (Å²) in [5.41, 5.74) is 2.13. The van der Waals surface area contributed by atoms with Crippen LogP contribution in [0.4, 0.5) is 0 Å². The number of hydrogen-bond acceptors (Lipinski definition) is 5. The molecule has 0 fully saturated rings. The molecule has 8 nitrogen and oxygen atoms in total. The fourth-order valence-corrected chi connectivity index (χ4v) is 4.19. The van der Waals surface area contributed by atoms with Gasteiger partial charge in [-0.25, -0.2) is 17.9 Å². The number of sulfonamides is 1. The normalized spacial score (nSPS) is 13.0. The van der Waals surface area contributed by atoms with E-state index in [0.29, 0.717) is 16.6 Å². The molecular weight excluding hydrogens is 394 g/mol. The Morgan fingerprint density at radius 3 is 2.38 bits per heavy atom. The molecule has 9 heteroatoms. The van der Waals surface area contributed by atoms with Crippen molar-refractivity contribution in [3.63, 3.8) is 0 Å². The third-order valence-corrected chi connectivity index (χ3v) is 5.78. The zero-order valence-electron chi connectivity index (χ0n) is 16.4. The lowest BCUT2D eigenvalue weighted by Crippen LogP contribution is -2.31. The smallest absolute Gasteiger partial charge is 0.323 e. The lowest BCUT2D eigenvalue weighted by molar-refractivity contribution is -0.147. The highest BCUT2D eigenvalue weighted by Gasteiger charge is 2.25. The Kier molecular flexibility index (Phi) is 5.90. The maximum Gasteiger partial charge on any atom is 0.323 e. The van der Waals surface area contributed by atoms with Gasteiger partial charge in [0.2, 0.25) is 10.0 Å². The van der Waals surface area contributed by atoms with Crippen LogP contribution in [0.3, 0.4) is 0 Å². The van der Waals surface area contributed by atoms with Gasteiger partial charge >= 0.3 is 11.7 Å². The second-order valence-corrected chi connectivity index (χ2v) is 8.83. The van der Waals surface area contributed by atoms with Gasteiger partial charge in [0.25, 0.3) is 0 Å². The van der Waals surface area contributed by atoms with Crippen molar-refractivity contribution in [3.05, 3.63) is 64.1 Å². The van der Waals surface area contributed by atoms with Crippen LogP contribution in [0.1, 0.15) is 37.4 Å². The molecule has 0 amide bonds. The highest BCUT2D eigenvalue weighted by atomic mass is 32.2. The van der Waals surface area contributed by atoms with E-state index < -0.39 is 27.7 Å². The van der Waals surface area contributed by atoms with Crippen LogP contribution >= 0.6 is 0 Å². The lowest BCUT2D eigenvalue weighted by atomic mass is 10.0. The molecule has 0 saturated carbocycles. The largest absolute Gasteiger partial charge is 0.463 e. The van der Waals surface area contributed by atoms with Gasteiger partial charge in [-0.05, 0) is 44.5 Å². The number of rotatable bonds is 7. The number of H-pyrrole nitrogens is 2. The molecule has 3 N–H and O–H groups in total. The van der Waals surface area contributed by atoms with E-state index in [-0.39, 0.29) is 17.4 Å². The molecule has 0 spiro atoms. The number of imidazole rings is 1. The topological polar surface area (TPSA) is 121 Å². The maximum atomic E-state index is 13.0. The summed E-state index contributed by atoms with van der Waals surface area (Å²) in [6, 6.07) is 10.7. The number of benzene rings is 2. The van der Waals surface area contributed by atoms with E-state index in [1.165, 1.54) is 18.2 Å². The van der Waals surface area contributed by atoms with Crippen LogP contribution in [0.25, 0.3) is 11.0 Å². The predicted molar refractivity (Wildman–Crippen MR) is 109 cm³/mol. The van der Waals surface area contributed by atoms with Crippen molar-refractivity contribution in [2.24, 2.45) is 0 Å². The molecule has 1 aromatic heterocycles. The van der Waals surface area contributed by atoms with E-state index in [9.17, 15) is 18.0 Å². The number of esters is 1. The molecule has 1 atom stereocenters. The van der Waals surface area contributed by atoms with Gasteiger partial charge in [0.15, 0.2) is 0 Å². The quantitative estimate of drug-likeness (QED) is 0.510. The Morgan fingerprint density at radius 1 is 1.07 bits per heavy atom. The summed E-state index contributed by atoms with van der Waals surface area (Å²) in [6.45, 7) is 5.38. The minimum Gasteiger partial charge on any atom is -0.463 e. The molecule has 3 aromatic rings. The van der Waals surface area contributed by atoms with Crippen LogP contribution in [-0.2, 0) is 19.6 Å². The lowest BCUT2D eigenvalue weighted by Gasteiger charge is -2.20. The predicted octanol–water partition coefficient (Wildman–Crippen LogP) is 2.53. The van der Waals surface area contributed by atoms with Crippen molar-refractivity contribution in [2.45, 2.75) is 44.2 Å². The van der Waals surface area contributed by atoms with E-state index in [4.69, 9.17) is 4.74 Å². The number of fused-ring (bicyclic) bond motifs is 1. The van der Waals surface area contributed by atoms with Gasteiger partial charge in [-0.2, -0.15) is 0 Å². The van der Waals surface area contributed by atoms with Crippen LogP contribution in [0.15, 0.2) is 52.2 Å². The number of aromatic amines is 2. The SMILES string of the molecule is Cc1ccc([C@H](CC(=O)OC(C)C)NS(=O)(=O)c2ccc3[nH]c(=O)[nH]c3c2)cc1. The molecule has 0 radical (unpaired) electrons. The fourth-order valence-electron chi connectivity index (χ4n) is 2.94. The second-order valence-electron chi connectivity index (χ2n) is 7.11. The summed E-state index contributed by atoms with van der Waals surface area (Å²) < 4.78 is 33.7. The summed E-state index contributed by atoms with van der Waals surface area (Å²) in [5, 5.41) is 0. The zero-order valence-corrected chi connectivity index (χ0v) is 17.2. The molecule has 3 rings (SSSR count). The summed E-state index contributed by atoms with van der Waals surface area (Å²) >= 11 is 0. The molecule has 2 aromatic carbocycles. The van der Waals surface area contributed by atoms with Gasteiger partial charge in [0.1, 0.15) is 0 Å². The molecular formula is C20H23N3O5S. The van der Waals surface area contributed by atoms with Gasteiger partial charge in [-0.1, -0.05) is 29.8 Å². The fraction of sp³-hybridized carbons (Fsp3) is 0.300. The number of hydrogen-bond donors (Lipinski definition) is 3. The Hall–Kier alpha value is -2.91. The van der Waals surface area contributed by atoms with Crippen molar-refractivity contribution < 1.29 is 17.9 Å². The van der Waals surface area contributed by atoms with E-state index in [2.05, 4.69) is 14.7 Å². The molecule has 0 aliphatic heterocycles. The number of carbonyl (C=O) groups is 1. The molecule has 29 heavy (non-hydrogen) atoms. The van der Waals surface area contributed by atoms with E-state index >= 15 is 0 Å². The van der Waals surface area contributed by atoms with E-state index in [1.807, 2.05) is 19.1 Å². The molecule has 0 unspecified atom stereocenters. The van der Waals surface area contributed by atoms with Crippen LogP contribution in [-0.4, -0.2) is 30.5 Å². The first-order valence-corrected chi connectivity index (χ1v) is 10.6. The Bertz CT molecular complexity index is 1180. The maximum absolute atomic E-state index is 13.0. The first-order chi connectivity index (χ1) is 13.6. The van der Waals surface area contributed by atoms with Crippen LogP contribution in [0.2, 0.25) is 0 Å². The van der Waals surface area contributed by atoms with Crippen molar-refractivity contribution in [3.8, 4) is 0 Å². The van der Waals surface area contributed by atoms with Crippen molar-refractivity contribution in [1.82, 2.24) is 14.7 Å². The van der Waals surface area contributed by atoms with Crippen LogP contribution < -0.4 is 10.4 Å². The minimum atomic E-state index is -3.97. The summed E-state index contributed by atoms with van der Waals surface area (Å²) in [7, 11) is -3.97. The van der Waals surface area contributed by atoms with Crippen molar-refractivity contribution in [2.75, 3.05) is 0 Å². The summed E-state index contributed by atoms with van der Waals surface area (Å²) in [5.74, 6) is -0.501. The van der Waals surface area contributed by atoms with Crippen LogP contribution in [0, 0.1) is 6.92 Å². The van der Waals surface area contributed by atoms with Crippen molar-refractivity contribution >= 4 is 27.0 Å². The van der Waals surface area contributed by atoms with Crippen molar-refractivity contribution in [1.29, 1.82) is 0 Å². The van der Waals surface area contributed by atoms with Gasteiger partial charge in [-0.3, -0.25) is 4.79 Å². The highest BCUT2D eigenvalue weighted by molar-refractivity contribution is 7.89. The summed E-state index contributed by atoms with van der Waals surface area (Å²) in [4.78, 5) is 28.7. The number of carbonyl (C=O) groups excluding carboxylic acids is 1. The minimum absolute atomic E-state index is 0.0189. The standard InChI is InChI=1S/C20H23N3O5S/c1-12(2)28-19(24)11-17(14-6-4-13(3)5-7-14)23-29(26,27)15-8-9-16-18(10-15)22-20(25)21-16/h4-10,12,17,23H,11H2,1-3H3,(H2,21,22,25)/t17-/m0/s1. The molecule has 1 heterocycles. The molecule has 154 valence electrons. The van der Waals surface area contributed by atoms with Crippen LogP contribution in [0.5, 0.6) is 0 Å². The third kappa shape index (κ3) is 5.12. The van der Waals surface area contributed by atoms with E-state index in [0.717, 1.165) is 5.56 Å². The van der Waals surface area contributed by atoms with Gasteiger partial charge in [0, 0.05) is 0 Å². The second kappa shape index (κ2) is 8.22. The molecule has 0 aliphatic rings. The highest BCUT2D eigenvalue weighted by Crippen LogP contribution is 2.23. The zero-order chi connectivity index (χ0) is 21.2. The number of nitrogens with one attached hydrogen (secondary N) is 3. The molecule has 0 aliphatic carbocycles. The van der Waals surface area contributed by atoms with Gasteiger partial charge < -0.3 is 14.7 Å². The summed E-state index contributed by atoms with van der Waals surface area (Å²) in [6.07, 6.45) is -0.449. The monoisotopic (exact) mass is 417 g/mol. The third-order valence-electron chi connectivity index (χ3n) is 4.31. The first-order valence-electron chi connectivity index (χ1n) is 9.14. The number of aromatic nitrogens is 2. The van der Waals surface area contributed by atoms with E-state index in [1.54, 1.807) is 26.0 Å². The number of ether oxygens (including phenoxy) is 1. The van der Waals surface area contributed by atoms with Gasteiger partial charge in [0.05, 0.1) is 34.5 Å². The average Bonchev–Trinajstić information content (AvgIpc) is 3.00. The number of aryl methyl sites for hydroxylation is 1. The Morgan fingerprint density at radius 2 is 1.72 bits per heavy atom. The van der Waals surface area contributed by atoms with Gasteiger partial charge in [-0.15, -0.1) is 0 Å². The first kappa shape index (κ1) is 20.8. The molecule has 0 saturated heterocycles. The molecule has 0 bridgehead atoms.